The molecule has 1 heterocycles. The van der Waals surface area contributed by atoms with Gasteiger partial charge in [-0.25, -0.2) is 0 Å². The maximum Gasteiger partial charge on any atom is 0.0896 e. The van der Waals surface area contributed by atoms with Crippen molar-refractivity contribution in [3.8, 4) is 0 Å². The maximum atomic E-state index is 8.08. The summed E-state index contributed by atoms with van der Waals surface area (Å²) in [6.45, 7) is 0. The van der Waals surface area contributed by atoms with Gasteiger partial charge in [0.15, 0.2) is 0 Å². The summed E-state index contributed by atoms with van der Waals surface area (Å²) in [6.07, 6.45) is 3.18. The van der Waals surface area contributed by atoms with E-state index in [0.717, 1.165) is 9.26 Å². The molecule has 0 saturated heterocycles. The van der Waals surface area contributed by atoms with Crippen LogP contribution in [0.1, 0.15) is 5.69 Å². The summed E-state index contributed by atoms with van der Waals surface area (Å²) in [5.41, 5.74) is 0.807. The number of nitrogens with zero attached hydrogens (tertiary/aromatic N) is 1. The molecule has 0 spiro atoms. The van der Waals surface area contributed by atoms with Crippen LogP contribution in [-0.4, -0.2) is 16.4 Å². The molecule has 0 aliphatic carbocycles. The van der Waals surface area contributed by atoms with Crippen LogP contribution in [0.25, 0.3) is 0 Å². The molecule has 1 aromatic heterocycles. The fraction of sp³-hybridized carbons (Fsp3) is 0. The minimum atomic E-state index is 0.807. The van der Waals surface area contributed by atoms with Crippen LogP contribution < -0.4 is 0 Å². The van der Waals surface area contributed by atoms with E-state index >= 15 is 0 Å². The third-order valence-electron chi connectivity index (χ3n) is 0.867. The lowest BCUT2D eigenvalue weighted by molar-refractivity contribution is 0.321. The van der Waals surface area contributed by atoms with Gasteiger partial charge in [-0.3, -0.25) is 0 Å². The van der Waals surface area contributed by atoms with Crippen molar-refractivity contribution in [2.24, 2.45) is 5.16 Å². The molecule has 4 heteroatoms. The highest BCUT2D eigenvalue weighted by Crippen LogP contribution is 2.03. The Hall–Kier alpha value is -0.520. The highest BCUT2D eigenvalue weighted by molar-refractivity contribution is 14.1. The number of hydrogen-bond acceptors (Lipinski definition) is 2. The van der Waals surface area contributed by atoms with Crippen LogP contribution in [-0.2, 0) is 0 Å². The summed E-state index contributed by atoms with van der Waals surface area (Å²) in [7, 11) is 0. The SMILES string of the molecule is O/N=C/c1cc(I)c[nH]1. The number of nitrogens with one attached hydrogen (secondary N) is 1. The summed E-state index contributed by atoms with van der Waals surface area (Å²) in [5, 5.41) is 10.9. The first kappa shape index (κ1) is 6.60. The molecule has 0 aliphatic rings. The Bertz CT molecular complexity index is 218. The highest BCUT2D eigenvalue weighted by atomic mass is 127. The fourth-order valence-electron chi connectivity index (χ4n) is 0.521. The predicted molar refractivity (Wildman–Crippen MR) is 42.9 cm³/mol. The van der Waals surface area contributed by atoms with Crippen molar-refractivity contribution in [2.45, 2.75) is 0 Å². The number of aromatic amines is 1. The third-order valence-corrected chi connectivity index (χ3v) is 1.49. The third kappa shape index (κ3) is 1.70. The molecule has 0 amide bonds. The van der Waals surface area contributed by atoms with Gasteiger partial charge in [0, 0.05) is 9.77 Å². The average Bonchev–Trinajstić information content (AvgIpc) is 2.17. The van der Waals surface area contributed by atoms with Crippen molar-refractivity contribution >= 4 is 28.8 Å². The van der Waals surface area contributed by atoms with Crippen LogP contribution in [0.3, 0.4) is 0 Å². The molecule has 0 aliphatic heterocycles. The Morgan fingerprint density at radius 3 is 3.00 bits per heavy atom. The van der Waals surface area contributed by atoms with Gasteiger partial charge < -0.3 is 10.2 Å². The van der Waals surface area contributed by atoms with Gasteiger partial charge in [0.25, 0.3) is 0 Å². The number of hydrogen-bond donors (Lipinski definition) is 2. The first-order chi connectivity index (χ1) is 4.33. The van der Waals surface area contributed by atoms with Gasteiger partial charge in [-0.05, 0) is 28.7 Å². The van der Waals surface area contributed by atoms with Crippen LogP contribution in [0.2, 0.25) is 0 Å². The fourth-order valence-corrected chi connectivity index (χ4v) is 1.01. The predicted octanol–water partition coefficient (Wildman–Crippen LogP) is 1.43. The average molecular weight is 236 g/mol. The van der Waals surface area contributed by atoms with Gasteiger partial charge in [-0.2, -0.15) is 0 Å². The molecule has 0 bridgehead atoms. The molecule has 0 radical (unpaired) electrons. The minimum absolute atomic E-state index is 0.807. The van der Waals surface area contributed by atoms with Crippen molar-refractivity contribution in [1.82, 2.24) is 4.98 Å². The number of rotatable bonds is 1. The zero-order chi connectivity index (χ0) is 6.69. The molecule has 0 atom stereocenters. The largest absolute Gasteiger partial charge is 0.411 e. The Morgan fingerprint density at radius 1 is 1.78 bits per heavy atom. The molecule has 48 valence electrons. The second-order valence-corrected chi connectivity index (χ2v) is 2.76. The summed E-state index contributed by atoms with van der Waals surface area (Å²) in [4.78, 5) is 2.89. The summed E-state index contributed by atoms with van der Waals surface area (Å²) < 4.78 is 1.10. The van der Waals surface area contributed by atoms with Gasteiger partial charge in [-0.1, -0.05) is 5.16 Å². The van der Waals surface area contributed by atoms with Crippen LogP contribution in [0.4, 0.5) is 0 Å². The number of oxime groups is 1. The molecule has 0 unspecified atom stereocenters. The zero-order valence-corrected chi connectivity index (χ0v) is 6.66. The van der Waals surface area contributed by atoms with Crippen LogP contribution in [0, 0.1) is 3.57 Å². The van der Waals surface area contributed by atoms with Crippen LogP contribution in [0.15, 0.2) is 17.4 Å². The summed E-state index contributed by atoms with van der Waals surface area (Å²) in [5.74, 6) is 0. The van der Waals surface area contributed by atoms with E-state index < -0.39 is 0 Å². The molecular weight excluding hydrogens is 231 g/mol. The maximum absolute atomic E-state index is 8.08. The van der Waals surface area contributed by atoms with Crippen molar-refractivity contribution in [2.75, 3.05) is 0 Å². The van der Waals surface area contributed by atoms with E-state index in [1.807, 2.05) is 12.3 Å². The summed E-state index contributed by atoms with van der Waals surface area (Å²) >= 11 is 2.17. The zero-order valence-electron chi connectivity index (χ0n) is 4.50. The van der Waals surface area contributed by atoms with E-state index in [9.17, 15) is 0 Å². The molecule has 3 nitrogen and oxygen atoms in total. The lowest BCUT2D eigenvalue weighted by Crippen LogP contribution is -1.76. The van der Waals surface area contributed by atoms with Crippen molar-refractivity contribution < 1.29 is 5.21 Å². The summed E-state index contributed by atoms with van der Waals surface area (Å²) in [6, 6.07) is 1.88. The molecule has 0 fully saturated rings. The molecule has 2 N–H and O–H groups in total. The molecule has 0 aromatic carbocycles. The second kappa shape index (κ2) is 2.86. The van der Waals surface area contributed by atoms with E-state index in [2.05, 4.69) is 32.7 Å². The number of H-pyrrole nitrogens is 1. The smallest absolute Gasteiger partial charge is 0.0896 e. The van der Waals surface area contributed by atoms with Gasteiger partial charge in [0.2, 0.25) is 0 Å². The second-order valence-electron chi connectivity index (χ2n) is 1.52. The van der Waals surface area contributed by atoms with Gasteiger partial charge >= 0.3 is 0 Å². The van der Waals surface area contributed by atoms with Crippen LogP contribution in [0.5, 0.6) is 0 Å². The topological polar surface area (TPSA) is 48.4 Å². The van der Waals surface area contributed by atoms with Crippen molar-refractivity contribution in [1.29, 1.82) is 0 Å². The Kier molecular flexibility index (Phi) is 2.10. The normalized spacial score (nSPS) is 10.8. The highest BCUT2D eigenvalue weighted by Gasteiger charge is 1.89. The monoisotopic (exact) mass is 236 g/mol. The number of aromatic nitrogens is 1. The Morgan fingerprint density at radius 2 is 2.56 bits per heavy atom. The quantitative estimate of drug-likeness (QED) is 0.329. The van der Waals surface area contributed by atoms with E-state index in [1.165, 1.54) is 6.21 Å². The van der Waals surface area contributed by atoms with Crippen LogP contribution >= 0.6 is 22.6 Å². The van der Waals surface area contributed by atoms with Crippen molar-refractivity contribution in [3.63, 3.8) is 0 Å². The first-order valence-corrected chi connectivity index (χ1v) is 3.42. The minimum Gasteiger partial charge on any atom is -0.411 e. The van der Waals surface area contributed by atoms with E-state index in [-0.39, 0.29) is 0 Å². The standard InChI is InChI=1S/C5H5IN2O/c6-4-1-5(3-8-9)7-2-4/h1-3,7,9H/b8-3+. The first-order valence-electron chi connectivity index (χ1n) is 2.34. The van der Waals surface area contributed by atoms with Crippen molar-refractivity contribution in [3.05, 3.63) is 21.5 Å². The molecule has 1 aromatic rings. The lowest BCUT2D eigenvalue weighted by atomic mass is 10.5. The van der Waals surface area contributed by atoms with Gasteiger partial charge in [0.1, 0.15) is 0 Å². The number of halogens is 1. The van der Waals surface area contributed by atoms with E-state index in [1.54, 1.807) is 0 Å². The van der Waals surface area contributed by atoms with Gasteiger partial charge in [-0.15, -0.1) is 0 Å². The molecule has 0 saturated carbocycles. The lowest BCUT2D eigenvalue weighted by Gasteiger charge is -1.76. The Balaban J connectivity index is 2.85. The molecule has 9 heavy (non-hydrogen) atoms. The molecule has 1 rings (SSSR count). The van der Waals surface area contributed by atoms with Gasteiger partial charge in [0.05, 0.1) is 11.9 Å². The molecular formula is C5H5IN2O. The van der Waals surface area contributed by atoms with E-state index in [4.69, 9.17) is 5.21 Å². The van der Waals surface area contributed by atoms with E-state index in [0.29, 0.717) is 0 Å². The Labute approximate surface area is 65.9 Å².